The van der Waals surface area contributed by atoms with Gasteiger partial charge in [-0.15, -0.1) is 0 Å². The number of hydrogen-bond donors (Lipinski definition) is 1. The van der Waals surface area contributed by atoms with Gasteiger partial charge in [-0.2, -0.15) is 4.31 Å². The Balaban J connectivity index is 1.83. The number of esters is 1. The number of benzene rings is 2. The van der Waals surface area contributed by atoms with Gasteiger partial charge in [-0.05, 0) is 43.3 Å². The van der Waals surface area contributed by atoms with Crippen molar-refractivity contribution in [2.45, 2.75) is 63.3 Å². The second kappa shape index (κ2) is 14.0. The fraction of sp³-hybridized carbons (Fsp3) is 0.567. The minimum Gasteiger partial charge on any atom is -0.459 e. The van der Waals surface area contributed by atoms with Crippen LogP contribution in [-0.4, -0.2) is 75.2 Å². The van der Waals surface area contributed by atoms with Gasteiger partial charge in [-0.3, -0.25) is 4.79 Å². The highest BCUT2D eigenvalue weighted by Crippen LogP contribution is 2.34. The molecule has 6 atom stereocenters. The zero-order valence-corrected chi connectivity index (χ0v) is 22.7. The SMILES string of the molecule is [2H]C([2H])([2H])C([2H])(C)C([2H])([2H])N(C[C@@H](OCO)[C@@H](CC(=O)O[C@@]1([2H])C([2H])([2H])O[C@@]2([2H])OC([2H])([2H])C([2H])([2H])[C@]21[2H])Cc1ccccc1)S(=O)(=O)c1ccc(C)cc1. The lowest BCUT2D eigenvalue weighted by molar-refractivity contribution is -0.154. The standard InChI is InChI=1S/C30H41NO8S/c1-21(2)17-31(40(34,35)25-11-9-22(3)10-12-25)18-27(38-20-32)24(15-23-7-5-4-6-8-23)16-29(33)39-28-19-37-30-26(28)13-14-36-30/h4-12,21,24,26-28,30,32H,13-20H2,1-3H3/t24-,26+,27-,28+,30-/m1/s1/i1D3,13D2,14D2,17D2,19D2,21D,26D,28D,30D/t21?,24-,26+,27-,28+,30-. The van der Waals surface area contributed by atoms with Crippen molar-refractivity contribution in [3.8, 4) is 0 Å². The summed E-state index contributed by atoms with van der Waals surface area (Å²) in [5, 5.41) is 9.99. The second-order valence-corrected chi connectivity index (χ2v) is 10.9. The number of fused-ring (bicyclic) bond motifs is 1. The van der Waals surface area contributed by atoms with Gasteiger partial charge in [0, 0.05) is 31.3 Å². The van der Waals surface area contributed by atoms with Gasteiger partial charge in [0.2, 0.25) is 10.0 Å². The monoisotopic (exact) mass is 590 g/mol. The molecule has 0 amide bonds. The number of ether oxygens (including phenoxy) is 4. The maximum atomic E-state index is 14.2. The van der Waals surface area contributed by atoms with Crippen molar-refractivity contribution < 1.29 is 57.8 Å². The molecule has 0 aromatic heterocycles. The van der Waals surface area contributed by atoms with Gasteiger partial charge in [0.1, 0.15) is 12.9 Å². The van der Waals surface area contributed by atoms with Gasteiger partial charge in [-0.1, -0.05) is 61.8 Å². The molecule has 220 valence electrons. The lowest BCUT2D eigenvalue weighted by Gasteiger charge is -2.32. The van der Waals surface area contributed by atoms with Crippen molar-refractivity contribution in [2.24, 2.45) is 17.7 Å². The number of hydrogen-bond acceptors (Lipinski definition) is 8. The van der Waals surface area contributed by atoms with Crippen molar-refractivity contribution in [1.82, 2.24) is 4.31 Å². The number of carbonyl (C=O) groups is 1. The van der Waals surface area contributed by atoms with E-state index in [1.165, 1.54) is 12.1 Å². The van der Waals surface area contributed by atoms with Crippen LogP contribution in [0.4, 0.5) is 0 Å². The summed E-state index contributed by atoms with van der Waals surface area (Å²) in [5.41, 5.74) is 1.03. The van der Waals surface area contributed by atoms with Gasteiger partial charge in [0.15, 0.2) is 6.27 Å². The van der Waals surface area contributed by atoms with Gasteiger partial charge in [0.25, 0.3) is 0 Å². The van der Waals surface area contributed by atoms with Crippen molar-refractivity contribution >= 4 is 16.0 Å². The molecule has 0 saturated carbocycles. The van der Waals surface area contributed by atoms with Gasteiger partial charge >= 0.3 is 5.97 Å². The lowest BCUT2D eigenvalue weighted by atomic mass is 9.90. The second-order valence-electron chi connectivity index (χ2n) is 9.07. The topological polar surface area (TPSA) is 112 Å². The van der Waals surface area contributed by atoms with Crippen LogP contribution in [0.15, 0.2) is 59.5 Å². The summed E-state index contributed by atoms with van der Waals surface area (Å²) in [4.78, 5) is 13.3. The van der Waals surface area contributed by atoms with Crippen LogP contribution in [0.3, 0.4) is 0 Å². The van der Waals surface area contributed by atoms with Gasteiger partial charge in [0.05, 0.1) is 44.7 Å². The fourth-order valence-corrected chi connectivity index (χ4v) is 5.44. The normalized spacial score (nSPS) is 39.4. The van der Waals surface area contributed by atoms with Crippen molar-refractivity contribution in [3.63, 3.8) is 0 Å². The third kappa shape index (κ3) is 7.90. The molecular weight excluding hydrogens is 534 g/mol. The van der Waals surface area contributed by atoms with E-state index in [4.69, 9.17) is 34.8 Å². The molecule has 2 aliphatic rings. The first kappa shape index (κ1) is 16.3. The predicted molar refractivity (Wildman–Crippen MR) is 149 cm³/mol. The van der Waals surface area contributed by atoms with Crippen LogP contribution in [0.2, 0.25) is 0 Å². The Bertz CT molecular complexity index is 1830. The molecule has 40 heavy (non-hydrogen) atoms. The van der Waals surface area contributed by atoms with Crippen LogP contribution in [0.5, 0.6) is 0 Å². The van der Waals surface area contributed by atoms with E-state index in [2.05, 4.69) is 4.74 Å². The van der Waals surface area contributed by atoms with E-state index < -0.39 is 110 Å². The molecule has 1 N–H and O–H groups in total. The van der Waals surface area contributed by atoms with Crippen LogP contribution < -0.4 is 0 Å². The van der Waals surface area contributed by atoms with Crippen molar-refractivity contribution in [3.05, 3.63) is 65.7 Å². The summed E-state index contributed by atoms with van der Waals surface area (Å²) in [6.45, 7) is -14.2. The molecule has 2 aromatic rings. The zero-order chi connectivity index (χ0) is 42.1. The molecule has 0 bridgehead atoms. The van der Waals surface area contributed by atoms with E-state index in [1.54, 1.807) is 37.3 Å². The molecule has 1 unspecified atom stereocenters. The smallest absolute Gasteiger partial charge is 0.306 e. The summed E-state index contributed by atoms with van der Waals surface area (Å²) in [6.07, 6.45) is -14.2. The third-order valence-electron chi connectivity index (χ3n) is 6.03. The molecule has 0 aliphatic carbocycles. The maximum Gasteiger partial charge on any atom is 0.306 e. The summed E-state index contributed by atoms with van der Waals surface area (Å²) in [6, 6.07) is 12.9. The first-order chi connectivity index (χ1) is 24.8. The molecule has 2 aromatic carbocycles. The van der Waals surface area contributed by atoms with Crippen molar-refractivity contribution in [2.75, 3.05) is 33.0 Å². The summed E-state index contributed by atoms with van der Waals surface area (Å²) in [5.74, 6) is -9.95. The molecule has 0 spiro atoms. The molecule has 2 fully saturated rings. The first-order valence-corrected chi connectivity index (χ1v) is 13.7. The summed E-state index contributed by atoms with van der Waals surface area (Å²) < 4.78 is 174. The molecule has 2 heterocycles. The van der Waals surface area contributed by atoms with E-state index in [0.717, 1.165) is 12.1 Å². The highest BCUT2D eigenvalue weighted by atomic mass is 32.2. The molecule has 0 radical (unpaired) electrons. The highest BCUT2D eigenvalue weighted by Gasteiger charge is 2.44. The Labute approximate surface area is 258 Å². The third-order valence-corrected chi connectivity index (χ3v) is 7.72. The average Bonchev–Trinajstić information content (AvgIpc) is 3.23. The number of carbonyl (C=O) groups excluding carboxylic acids is 1. The number of aliphatic hydroxyl groups is 1. The predicted octanol–water partition coefficient (Wildman–Crippen LogP) is 3.53. The van der Waals surface area contributed by atoms with Crippen LogP contribution in [0, 0.1) is 24.6 Å². The molecule has 2 aliphatic heterocycles. The molecule has 2 saturated heterocycles. The van der Waals surface area contributed by atoms with E-state index in [0.29, 0.717) is 18.1 Å². The van der Waals surface area contributed by atoms with E-state index in [-0.39, 0.29) is 10.7 Å². The summed E-state index contributed by atoms with van der Waals surface area (Å²) in [7, 11) is -5.08. The Morgan fingerprint density at radius 2 is 2.02 bits per heavy atom. The fourth-order valence-electron chi connectivity index (χ4n) is 4.11. The Morgan fingerprint density at radius 3 is 2.73 bits per heavy atom. The number of nitrogens with zero attached hydrogens (tertiary/aromatic N) is 1. The first-order valence-electron chi connectivity index (χ1n) is 19.8. The maximum absolute atomic E-state index is 14.2. The van der Waals surface area contributed by atoms with Gasteiger partial charge < -0.3 is 24.1 Å². The zero-order valence-electron chi connectivity index (χ0n) is 36.8. The molecule has 9 nitrogen and oxygen atoms in total. The molecular formula is C30H41NO8S. The van der Waals surface area contributed by atoms with E-state index >= 15 is 0 Å². The minimum absolute atomic E-state index is 0.0723. The van der Waals surface area contributed by atoms with Crippen LogP contribution >= 0.6 is 0 Å². The number of sulfonamides is 1. The van der Waals surface area contributed by atoms with Crippen LogP contribution in [0.1, 0.15) is 58.3 Å². The van der Waals surface area contributed by atoms with E-state index in [1.807, 2.05) is 0 Å². The van der Waals surface area contributed by atoms with Gasteiger partial charge in [-0.25, -0.2) is 8.42 Å². The van der Waals surface area contributed by atoms with Crippen LogP contribution in [-0.2, 0) is 40.2 Å². The molecule has 4 rings (SSSR count). The number of aryl methyl sites for hydroxylation is 1. The highest BCUT2D eigenvalue weighted by molar-refractivity contribution is 7.89. The number of rotatable bonds is 14. The summed E-state index contributed by atoms with van der Waals surface area (Å²) >= 11 is 0. The quantitative estimate of drug-likeness (QED) is 0.263. The lowest BCUT2D eigenvalue weighted by Crippen LogP contribution is -2.44. The van der Waals surface area contributed by atoms with Crippen LogP contribution in [0.25, 0.3) is 0 Å². The number of aliphatic hydroxyl groups excluding tert-OH is 1. The Morgan fingerprint density at radius 1 is 1.27 bits per heavy atom. The molecule has 10 heteroatoms. The van der Waals surface area contributed by atoms with E-state index in [9.17, 15) is 18.3 Å². The minimum atomic E-state index is -5.08. The average molecular weight is 591 g/mol. The van der Waals surface area contributed by atoms with Crippen molar-refractivity contribution in [1.29, 1.82) is 0 Å². The largest absolute Gasteiger partial charge is 0.459 e. The Kier molecular flexibility index (Phi) is 5.73. The Hall–Kier alpha value is -2.34.